The number of halogens is 2. The Morgan fingerprint density at radius 1 is 1.22 bits per heavy atom. The van der Waals surface area contributed by atoms with Gasteiger partial charge in [0.2, 0.25) is 0 Å². The summed E-state index contributed by atoms with van der Waals surface area (Å²) >= 11 is 0. The summed E-state index contributed by atoms with van der Waals surface area (Å²) in [6.07, 6.45) is 5.18. The molecule has 0 bridgehead atoms. The van der Waals surface area contributed by atoms with Crippen LogP contribution in [0.1, 0.15) is 64.5 Å². The third kappa shape index (κ3) is 4.59. The van der Waals surface area contributed by atoms with Gasteiger partial charge in [-0.05, 0) is 50.9 Å². The van der Waals surface area contributed by atoms with E-state index in [0.717, 1.165) is 61.9 Å². The maximum absolute atomic E-state index is 13.4. The minimum atomic E-state index is -0.208. The van der Waals surface area contributed by atoms with E-state index in [2.05, 4.69) is 10.3 Å². The van der Waals surface area contributed by atoms with Crippen LogP contribution >= 0.6 is 24.8 Å². The second-order valence-electron chi connectivity index (χ2n) is 8.53. The molecule has 0 spiro atoms. The Balaban J connectivity index is 0.00000144. The maximum Gasteiger partial charge on any atom is 0.263 e. The number of aromatic nitrogens is 2. The number of piperidine rings is 1. The smallest absolute Gasteiger partial charge is 0.263 e. The SMILES string of the molecule is Cc1ccn(C2CCNCC2)c(=O)c1C(=O)N1CCc2oc(C3CCOC3)nc2C1.Cl.Cl. The van der Waals surface area contributed by atoms with Crippen LogP contribution in [0, 0.1) is 6.92 Å². The van der Waals surface area contributed by atoms with Crippen molar-refractivity contribution in [1.82, 2.24) is 19.8 Å². The lowest BCUT2D eigenvalue weighted by molar-refractivity contribution is 0.0724. The van der Waals surface area contributed by atoms with Gasteiger partial charge in [0.1, 0.15) is 17.0 Å². The van der Waals surface area contributed by atoms with Crippen LogP contribution in [-0.2, 0) is 17.7 Å². The molecule has 32 heavy (non-hydrogen) atoms. The van der Waals surface area contributed by atoms with Gasteiger partial charge in [0, 0.05) is 31.8 Å². The fraction of sp³-hybridized carbons (Fsp3) is 0.591. The predicted octanol–water partition coefficient (Wildman–Crippen LogP) is 2.62. The average Bonchev–Trinajstić information content (AvgIpc) is 3.43. The first kappa shape index (κ1) is 24.8. The van der Waals surface area contributed by atoms with E-state index in [-0.39, 0.29) is 53.8 Å². The van der Waals surface area contributed by atoms with E-state index in [1.54, 1.807) is 9.47 Å². The molecular formula is C22H30Cl2N4O4. The molecule has 0 aliphatic carbocycles. The predicted molar refractivity (Wildman–Crippen MR) is 124 cm³/mol. The highest BCUT2D eigenvalue weighted by Crippen LogP contribution is 2.29. The Hall–Kier alpha value is -1.87. The molecular weight excluding hydrogens is 455 g/mol. The molecule has 5 heterocycles. The molecule has 0 radical (unpaired) electrons. The first-order valence-corrected chi connectivity index (χ1v) is 10.9. The number of nitrogens with zero attached hydrogens (tertiary/aromatic N) is 3. The van der Waals surface area contributed by atoms with E-state index in [9.17, 15) is 9.59 Å². The number of carbonyl (C=O) groups excluding carboxylic acids is 1. The van der Waals surface area contributed by atoms with E-state index in [0.29, 0.717) is 26.1 Å². The minimum Gasteiger partial charge on any atom is -0.445 e. The molecule has 0 saturated carbocycles. The highest BCUT2D eigenvalue weighted by Gasteiger charge is 2.31. The van der Waals surface area contributed by atoms with Gasteiger partial charge in [-0.1, -0.05) is 0 Å². The van der Waals surface area contributed by atoms with Gasteiger partial charge in [-0.2, -0.15) is 0 Å². The van der Waals surface area contributed by atoms with Crippen LogP contribution in [0.25, 0.3) is 0 Å². The number of carbonyl (C=O) groups is 1. The van der Waals surface area contributed by atoms with Gasteiger partial charge >= 0.3 is 0 Å². The van der Waals surface area contributed by atoms with Crippen LogP contribution in [0.3, 0.4) is 0 Å². The molecule has 8 nitrogen and oxygen atoms in total. The Morgan fingerprint density at radius 2 is 2.00 bits per heavy atom. The molecule has 1 atom stereocenters. The van der Waals surface area contributed by atoms with Gasteiger partial charge in [-0.15, -0.1) is 24.8 Å². The summed E-state index contributed by atoms with van der Waals surface area (Å²) in [5, 5.41) is 3.32. The molecule has 2 fully saturated rings. The van der Waals surface area contributed by atoms with Crippen molar-refractivity contribution in [2.75, 3.05) is 32.8 Å². The molecule has 2 aromatic rings. The molecule has 5 rings (SSSR count). The molecule has 0 aromatic carbocycles. The Kier molecular flexibility index (Phi) is 8.03. The Bertz CT molecular complexity index is 1010. The molecule has 1 N–H and O–H groups in total. The monoisotopic (exact) mass is 484 g/mol. The second kappa shape index (κ2) is 10.4. The van der Waals surface area contributed by atoms with Crippen LogP contribution in [-0.4, -0.2) is 53.2 Å². The molecule has 2 saturated heterocycles. The largest absolute Gasteiger partial charge is 0.445 e. The topological polar surface area (TPSA) is 89.6 Å². The van der Waals surface area contributed by atoms with Crippen molar-refractivity contribution in [1.29, 1.82) is 0 Å². The normalized spacial score (nSPS) is 20.9. The number of hydrogen-bond acceptors (Lipinski definition) is 6. The Labute approximate surface area is 199 Å². The lowest BCUT2D eigenvalue weighted by atomic mass is 10.0. The fourth-order valence-corrected chi connectivity index (χ4v) is 4.73. The van der Waals surface area contributed by atoms with Gasteiger partial charge in [0.15, 0.2) is 5.89 Å². The van der Waals surface area contributed by atoms with Gasteiger partial charge in [-0.3, -0.25) is 9.59 Å². The fourth-order valence-electron chi connectivity index (χ4n) is 4.73. The summed E-state index contributed by atoms with van der Waals surface area (Å²) < 4.78 is 13.2. The maximum atomic E-state index is 13.4. The van der Waals surface area contributed by atoms with E-state index in [4.69, 9.17) is 9.15 Å². The number of pyridine rings is 1. The minimum absolute atomic E-state index is 0. The van der Waals surface area contributed by atoms with Gasteiger partial charge < -0.3 is 23.9 Å². The first-order chi connectivity index (χ1) is 14.6. The van der Waals surface area contributed by atoms with Crippen LogP contribution in [0.5, 0.6) is 0 Å². The van der Waals surface area contributed by atoms with Gasteiger partial charge in [-0.25, -0.2) is 4.98 Å². The molecule has 3 aliphatic rings. The van der Waals surface area contributed by atoms with Crippen LogP contribution < -0.4 is 10.9 Å². The number of nitrogens with one attached hydrogen (secondary N) is 1. The number of rotatable bonds is 3. The van der Waals surface area contributed by atoms with Crippen molar-refractivity contribution in [3.05, 3.63) is 51.1 Å². The lowest BCUT2D eigenvalue weighted by Crippen LogP contribution is -2.41. The van der Waals surface area contributed by atoms with Crippen LogP contribution in [0.2, 0.25) is 0 Å². The quantitative estimate of drug-likeness (QED) is 0.719. The third-order valence-corrected chi connectivity index (χ3v) is 6.55. The van der Waals surface area contributed by atoms with Crippen molar-refractivity contribution >= 4 is 30.7 Å². The molecule has 10 heteroatoms. The number of amides is 1. The summed E-state index contributed by atoms with van der Waals surface area (Å²) in [7, 11) is 0. The van der Waals surface area contributed by atoms with Crippen LogP contribution in [0.15, 0.2) is 21.5 Å². The summed E-state index contributed by atoms with van der Waals surface area (Å²) in [6.45, 7) is 5.91. The Morgan fingerprint density at radius 3 is 2.72 bits per heavy atom. The summed E-state index contributed by atoms with van der Waals surface area (Å²) in [4.78, 5) is 33.0. The number of hydrogen-bond donors (Lipinski definition) is 1. The number of oxazole rings is 1. The molecule has 1 unspecified atom stereocenters. The number of ether oxygens (including phenoxy) is 1. The van der Waals surface area contributed by atoms with Crippen molar-refractivity contribution in [2.45, 2.75) is 51.1 Å². The van der Waals surface area contributed by atoms with Gasteiger partial charge in [0.05, 0.1) is 19.1 Å². The molecule has 2 aromatic heterocycles. The summed E-state index contributed by atoms with van der Waals surface area (Å²) in [5.41, 5.74) is 1.64. The van der Waals surface area contributed by atoms with Gasteiger partial charge in [0.25, 0.3) is 11.5 Å². The highest BCUT2D eigenvalue weighted by atomic mass is 35.5. The van der Waals surface area contributed by atoms with Crippen molar-refractivity contribution in [2.24, 2.45) is 0 Å². The molecule has 3 aliphatic heterocycles. The number of aryl methyl sites for hydroxylation is 1. The third-order valence-electron chi connectivity index (χ3n) is 6.55. The van der Waals surface area contributed by atoms with E-state index in [1.807, 2.05) is 19.2 Å². The zero-order valence-electron chi connectivity index (χ0n) is 18.2. The second-order valence-corrected chi connectivity index (χ2v) is 8.53. The van der Waals surface area contributed by atoms with Crippen LogP contribution in [0.4, 0.5) is 0 Å². The molecule has 1 amide bonds. The van der Waals surface area contributed by atoms with E-state index >= 15 is 0 Å². The highest BCUT2D eigenvalue weighted by molar-refractivity contribution is 5.95. The van der Waals surface area contributed by atoms with Crippen molar-refractivity contribution < 1.29 is 13.9 Å². The van der Waals surface area contributed by atoms with E-state index < -0.39 is 0 Å². The van der Waals surface area contributed by atoms with Crippen molar-refractivity contribution in [3.63, 3.8) is 0 Å². The standard InChI is InChI=1S/C22H28N4O4.2ClH/c1-14-4-10-26(16-2-7-23-8-3-16)22(28)19(14)21(27)25-9-5-18-17(12-25)24-20(30-18)15-6-11-29-13-15;;/h4,10,15-16,23H,2-3,5-9,11-13H2,1H3;2*1H. The van der Waals surface area contributed by atoms with E-state index in [1.165, 1.54) is 0 Å². The summed E-state index contributed by atoms with van der Waals surface area (Å²) in [5.74, 6) is 1.57. The number of fused-ring (bicyclic) bond motifs is 1. The zero-order valence-corrected chi connectivity index (χ0v) is 19.8. The average molecular weight is 485 g/mol. The summed E-state index contributed by atoms with van der Waals surface area (Å²) in [6, 6.07) is 2.03. The first-order valence-electron chi connectivity index (χ1n) is 10.9. The zero-order chi connectivity index (χ0) is 20.7. The molecule has 176 valence electrons. The van der Waals surface area contributed by atoms with Crippen molar-refractivity contribution in [3.8, 4) is 0 Å². The lowest BCUT2D eigenvalue weighted by Gasteiger charge is -2.28.